The van der Waals surface area contributed by atoms with Crippen LogP contribution in [0.3, 0.4) is 0 Å². The molecule has 2 aromatic rings. The number of halogens is 1. The number of nitrogens with one attached hydrogen (secondary N) is 1. The highest BCUT2D eigenvalue weighted by Crippen LogP contribution is 2.27. The zero-order valence-corrected chi connectivity index (χ0v) is 17.2. The van der Waals surface area contributed by atoms with Crippen molar-refractivity contribution in [3.05, 3.63) is 51.5 Å². The van der Waals surface area contributed by atoms with Gasteiger partial charge in [-0.15, -0.1) is 0 Å². The summed E-state index contributed by atoms with van der Waals surface area (Å²) in [5.41, 5.74) is -1.29. The van der Waals surface area contributed by atoms with Gasteiger partial charge in [0.1, 0.15) is 17.2 Å². The minimum atomic E-state index is -0.908. The molecule has 9 nitrogen and oxygen atoms in total. The van der Waals surface area contributed by atoms with Crippen LogP contribution in [0.4, 0.5) is 10.1 Å². The second-order valence-electron chi connectivity index (χ2n) is 7.48. The molecule has 1 aliphatic heterocycles. The summed E-state index contributed by atoms with van der Waals surface area (Å²) >= 11 is 0. The van der Waals surface area contributed by atoms with Crippen molar-refractivity contribution in [2.24, 2.45) is 0 Å². The molecule has 2 heterocycles. The zero-order chi connectivity index (χ0) is 22.2. The van der Waals surface area contributed by atoms with Gasteiger partial charge in [-0.25, -0.2) is 9.37 Å². The van der Waals surface area contributed by atoms with Gasteiger partial charge in [-0.05, 0) is 31.5 Å². The van der Waals surface area contributed by atoms with E-state index in [4.69, 9.17) is 4.74 Å². The Morgan fingerprint density at radius 3 is 2.77 bits per heavy atom. The number of nitrogens with zero attached hydrogens (tertiary/aromatic N) is 3. The van der Waals surface area contributed by atoms with E-state index in [1.165, 1.54) is 41.6 Å². The SMILES string of the molecule is CC(=O)N(C)c1cc(F)ccc1CNC(=O)c1nc2n(c(=O)c1O)CCOC2(C)C. The number of hydrogen-bond donors (Lipinski definition) is 2. The van der Waals surface area contributed by atoms with E-state index in [2.05, 4.69) is 10.3 Å². The molecular formula is C20H23FN4O5. The molecule has 2 amide bonds. The molecule has 1 aliphatic rings. The standard InChI is InChI=1S/C20H23FN4O5/c1-11(26)24(4)14-9-13(21)6-5-12(14)10-22-17(28)15-16(27)18(29)25-7-8-30-20(2,3)19(25)23-15/h5-6,9,27H,7-8,10H2,1-4H3,(H,22,28). The van der Waals surface area contributed by atoms with Crippen LogP contribution in [0.1, 0.15) is 42.6 Å². The van der Waals surface area contributed by atoms with Crippen molar-refractivity contribution in [2.45, 2.75) is 39.5 Å². The van der Waals surface area contributed by atoms with Gasteiger partial charge in [0.15, 0.2) is 5.69 Å². The summed E-state index contributed by atoms with van der Waals surface area (Å²) < 4.78 is 20.6. The molecule has 1 aromatic carbocycles. The third kappa shape index (κ3) is 3.90. The number of aromatic nitrogens is 2. The molecule has 0 aliphatic carbocycles. The molecule has 0 radical (unpaired) electrons. The molecule has 2 N–H and O–H groups in total. The van der Waals surface area contributed by atoms with Gasteiger partial charge in [-0.3, -0.25) is 19.0 Å². The Bertz CT molecular complexity index is 1080. The summed E-state index contributed by atoms with van der Waals surface area (Å²) in [7, 11) is 1.49. The molecule has 0 fully saturated rings. The fraction of sp³-hybridized carbons (Fsp3) is 0.400. The molecule has 0 unspecified atom stereocenters. The molecule has 0 atom stereocenters. The zero-order valence-electron chi connectivity index (χ0n) is 17.2. The highest BCUT2D eigenvalue weighted by atomic mass is 19.1. The maximum atomic E-state index is 13.6. The van der Waals surface area contributed by atoms with Crippen LogP contribution in [-0.2, 0) is 28.2 Å². The highest BCUT2D eigenvalue weighted by Gasteiger charge is 2.34. The molecule has 0 saturated carbocycles. The van der Waals surface area contributed by atoms with E-state index in [9.17, 15) is 23.9 Å². The normalized spacial score (nSPS) is 14.7. The van der Waals surface area contributed by atoms with E-state index in [1.807, 2.05) is 0 Å². The first kappa shape index (κ1) is 21.4. The van der Waals surface area contributed by atoms with Crippen LogP contribution in [-0.4, -0.2) is 40.1 Å². The number of carbonyl (C=O) groups is 2. The molecule has 0 spiro atoms. The monoisotopic (exact) mass is 418 g/mol. The molecular weight excluding hydrogens is 395 g/mol. The first-order valence-corrected chi connectivity index (χ1v) is 9.32. The van der Waals surface area contributed by atoms with Gasteiger partial charge < -0.3 is 20.1 Å². The summed E-state index contributed by atoms with van der Waals surface area (Å²) in [5, 5.41) is 12.8. The summed E-state index contributed by atoms with van der Waals surface area (Å²) in [6.07, 6.45) is 0. The van der Waals surface area contributed by atoms with Crippen molar-refractivity contribution in [3.63, 3.8) is 0 Å². The van der Waals surface area contributed by atoms with Crippen LogP contribution in [0.2, 0.25) is 0 Å². The lowest BCUT2D eigenvalue weighted by molar-refractivity contribution is -0.116. The van der Waals surface area contributed by atoms with Gasteiger partial charge in [0.25, 0.3) is 11.5 Å². The van der Waals surface area contributed by atoms with Crippen molar-refractivity contribution in [2.75, 3.05) is 18.6 Å². The van der Waals surface area contributed by atoms with Gasteiger partial charge in [0, 0.05) is 20.5 Å². The van der Waals surface area contributed by atoms with E-state index < -0.39 is 34.3 Å². The van der Waals surface area contributed by atoms with Crippen LogP contribution >= 0.6 is 0 Å². The topological polar surface area (TPSA) is 114 Å². The van der Waals surface area contributed by atoms with Gasteiger partial charge in [-0.1, -0.05) is 6.07 Å². The van der Waals surface area contributed by atoms with Crippen molar-refractivity contribution >= 4 is 17.5 Å². The average Bonchev–Trinajstić information content (AvgIpc) is 2.68. The number of anilines is 1. The largest absolute Gasteiger partial charge is 0.501 e. The Hall–Kier alpha value is -3.27. The molecule has 0 bridgehead atoms. The number of rotatable bonds is 4. The summed E-state index contributed by atoms with van der Waals surface area (Å²) in [6, 6.07) is 3.83. The lowest BCUT2D eigenvalue weighted by atomic mass is 10.1. The fourth-order valence-electron chi connectivity index (χ4n) is 3.25. The van der Waals surface area contributed by atoms with Crippen molar-refractivity contribution in [1.82, 2.24) is 14.9 Å². The van der Waals surface area contributed by atoms with E-state index in [-0.39, 0.29) is 31.4 Å². The molecule has 1 aromatic heterocycles. The average molecular weight is 418 g/mol. The van der Waals surface area contributed by atoms with Crippen molar-refractivity contribution < 1.29 is 23.8 Å². The molecule has 160 valence electrons. The number of benzene rings is 1. The second-order valence-corrected chi connectivity index (χ2v) is 7.48. The first-order chi connectivity index (χ1) is 14.0. The quantitative estimate of drug-likeness (QED) is 0.773. The van der Waals surface area contributed by atoms with Crippen LogP contribution in [0, 0.1) is 5.82 Å². The summed E-state index contributed by atoms with van der Waals surface area (Å²) in [4.78, 5) is 42.3. The van der Waals surface area contributed by atoms with Crippen LogP contribution in [0.5, 0.6) is 5.75 Å². The fourth-order valence-corrected chi connectivity index (χ4v) is 3.25. The van der Waals surface area contributed by atoms with Gasteiger partial charge in [-0.2, -0.15) is 0 Å². The van der Waals surface area contributed by atoms with Gasteiger partial charge in [0.2, 0.25) is 11.7 Å². The predicted molar refractivity (Wildman–Crippen MR) is 106 cm³/mol. The minimum absolute atomic E-state index is 0.0779. The lowest BCUT2D eigenvalue weighted by Crippen LogP contribution is -2.42. The van der Waals surface area contributed by atoms with E-state index >= 15 is 0 Å². The maximum Gasteiger partial charge on any atom is 0.296 e. The minimum Gasteiger partial charge on any atom is -0.501 e. The predicted octanol–water partition coefficient (Wildman–Crippen LogP) is 1.27. The number of fused-ring (bicyclic) bond motifs is 1. The Morgan fingerprint density at radius 2 is 2.10 bits per heavy atom. The number of ether oxygens (including phenoxy) is 1. The van der Waals surface area contributed by atoms with Gasteiger partial charge >= 0.3 is 0 Å². The maximum absolute atomic E-state index is 13.6. The Labute approximate surface area is 172 Å². The molecule has 30 heavy (non-hydrogen) atoms. The van der Waals surface area contributed by atoms with Crippen LogP contribution in [0.15, 0.2) is 23.0 Å². The summed E-state index contributed by atoms with van der Waals surface area (Å²) in [6.45, 7) is 5.18. The van der Waals surface area contributed by atoms with Gasteiger partial charge in [0.05, 0.1) is 18.8 Å². The Balaban J connectivity index is 1.91. The number of carbonyl (C=O) groups excluding carboxylic acids is 2. The second kappa shape index (κ2) is 7.86. The van der Waals surface area contributed by atoms with Crippen molar-refractivity contribution in [1.29, 1.82) is 0 Å². The van der Waals surface area contributed by atoms with Crippen LogP contribution in [0.25, 0.3) is 0 Å². The smallest absolute Gasteiger partial charge is 0.296 e. The van der Waals surface area contributed by atoms with Crippen molar-refractivity contribution in [3.8, 4) is 5.75 Å². The third-order valence-corrected chi connectivity index (χ3v) is 5.00. The first-order valence-electron chi connectivity index (χ1n) is 9.32. The number of amides is 2. The Kier molecular flexibility index (Phi) is 5.62. The molecule has 10 heteroatoms. The number of aromatic hydroxyl groups is 1. The third-order valence-electron chi connectivity index (χ3n) is 5.00. The van der Waals surface area contributed by atoms with E-state index in [1.54, 1.807) is 13.8 Å². The lowest BCUT2D eigenvalue weighted by Gasteiger charge is -2.32. The number of hydrogen-bond acceptors (Lipinski definition) is 6. The summed E-state index contributed by atoms with van der Waals surface area (Å²) in [5.74, 6) is -2.14. The molecule has 0 saturated heterocycles. The van der Waals surface area contributed by atoms with Crippen LogP contribution < -0.4 is 15.8 Å². The Morgan fingerprint density at radius 1 is 1.40 bits per heavy atom. The molecule has 3 rings (SSSR count). The van der Waals surface area contributed by atoms with E-state index in [0.29, 0.717) is 11.3 Å². The highest BCUT2D eigenvalue weighted by molar-refractivity contribution is 5.95. The van der Waals surface area contributed by atoms with E-state index in [0.717, 1.165) is 0 Å².